The molecule has 5 nitrogen and oxygen atoms in total. The lowest BCUT2D eigenvalue weighted by Gasteiger charge is -2.34. The van der Waals surface area contributed by atoms with Crippen LogP contribution >= 0.6 is 0 Å². The molecule has 0 spiro atoms. The maximum absolute atomic E-state index is 12.5. The second-order valence-corrected chi connectivity index (χ2v) is 9.38. The summed E-state index contributed by atoms with van der Waals surface area (Å²) in [5.74, 6) is 1.22. The highest BCUT2D eigenvalue weighted by Gasteiger charge is 2.28. The van der Waals surface area contributed by atoms with E-state index < -0.39 is 12.2 Å². The molecule has 1 aliphatic heterocycles. The van der Waals surface area contributed by atoms with Crippen LogP contribution in [0.2, 0.25) is 0 Å². The molecule has 7 heteroatoms. The molecule has 0 N–H and O–H groups in total. The van der Waals surface area contributed by atoms with Gasteiger partial charge in [-0.05, 0) is 75.8 Å². The highest BCUT2D eigenvalue weighted by molar-refractivity contribution is 5.68. The second kappa shape index (κ2) is 11.3. The highest BCUT2D eigenvalue weighted by atomic mass is 19.3. The average molecular weight is 462 g/mol. The van der Waals surface area contributed by atoms with Crippen LogP contribution in [0.4, 0.5) is 13.6 Å². The topological polar surface area (TPSA) is 48.0 Å². The Balaban J connectivity index is 1.55. The molecule has 33 heavy (non-hydrogen) atoms. The molecule has 0 radical (unpaired) electrons. The van der Waals surface area contributed by atoms with E-state index in [-0.39, 0.29) is 17.8 Å². The molecule has 1 saturated heterocycles. The average Bonchev–Trinajstić information content (AvgIpc) is 2.76. The van der Waals surface area contributed by atoms with Crippen LogP contribution in [-0.2, 0) is 17.6 Å². The van der Waals surface area contributed by atoms with Gasteiger partial charge in [0.05, 0.1) is 6.61 Å². The van der Waals surface area contributed by atoms with Gasteiger partial charge in [-0.2, -0.15) is 8.78 Å². The molecule has 1 aliphatic rings. The van der Waals surface area contributed by atoms with Crippen molar-refractivity contribution >= 4 is 6.09 Å². The SMILES string of the molecule is CC(C)(C)OC(=O)N1CCCC(COc2ccccc2CCc2cccc(OC(F)F)c2)C1. The molecule has 0 bridgehead atoms. The monoisotopic (exact) mass is 461 g/mol. The largest absolute Gasteiger partial charge is 0.493 e. The zero-order chi connectivity index (χ0) is 23.8. The van der Waals surface area contributed by atoms with E-state index >= 15 is 0 Å². The fourth-order valence-corrected chi connectivity index (χ4v) is 3.91. The highest BCUT2D eigenvalue weighted by Crippen LogP contribution is 2.25. The van der Waals surface area contributed by atoms with E-state index in [1.807, 2.05) is 51.1 Å². The Morgan fingerprint density at radius 2 is 1.91 bits per heavy atom. The van der Waals surface area contributed by atoms with E-state index in [2.05, 4.69) is 4.74 Å². The van der Waals surface area contributed by atoms with Crippen LogP contribution in [0.25, 0.3) is 0 Å². The summed E-state index contributed by atoms with van der Waals surface area (Å²) in [4.78, 5) is 14.2. The number of carbonyl (C=O) groups excluding carboxylic acids is 1. The molecular formula is C26H33F2NO4. The number of amides is 1. The Hall–Kier alpha value is -2.83. The zero-order valence-electron chi connectivity index (χ0n) is 19.6. The number of likely N-dealkylation sites (tertiary alicyclic amines) is 1. The normalized spacial score (nSPS) is 16.5. The first kappa shape index (κ1) is 24.8. The van der Waals surface area contributed by atoms with E-state index in [0.717, 1.165) is 29.7 Å². The molecular weight excluding hydrogens is 428 g/mol. The molecule has 1 heterocycles. The third kappa shape index (κ3) is 8.22. The number of alkyl halides is 2. The van der Waals surface area contributed by atoms with Crippen molar-refractivity contribution in [1.29, 1.82) is 0 Å². The molecule has 180 valence electrons. The lowest BCUT2D eigenvalue weighted by molar-refractivity contribution is -0.0498. The molecule has 1 amide bonds. The number of rotatable bonds is 8. The summed E-state index contributed by atoms with van der Waals surface area (Å²) in [6.07, 6.45) is 3.04. The van der Waals surface area contributed by atoms with Crippen molar-refractivity contribution in [2.24, 2.45) is 5.92 Å². The molecule has 0 aliphatic carbocycles. The van der Waals surface area contributed by atoms with Crippen LogP contribution in [-0.4, -0.2) is 42.9 Å². The van der Waals surface area contributed by atoms with Crippen LogP contribution in [0, 0.1) is 5.92 Å². The van der Waals surface area contributed by atoms with Crippen molar-refractivity contribution in [1.82, 2.24) is 4.90 Å². The fraction of sp³-hybridized carbons (Fsp3) is 0.500. The molecule has 1 unspecified atom stereocenters. The van der Waals surface area contributed by atoms with Gasteiger partial charge in [-0.25, -0.2) is 4.79 Å². The first-order chi connectivity index (χ1) is 15.7. The minimum atomic E-state index is -2.83. The minimum Gasteiger partial charge on any atom is -0.493 e. The fourth-order valence-electron chi connectivity index (χ4n) is 3.91. The summed E-state index contributed by atoms with van der Waals surface area (Å²) in [7, 11) is 0. The number of carbonyl (C=O) groups is 1. The Kier molecular flexibility index (Phi) is 8.53. The summed E-state index contributed by atoms with van der Waals surface area (Å²) < 4.78 is 41.1. The minimum absolute atomic E-state index is 0.166. The number of hydrogen-bond acceptors (Lipinski definition) is 4. The predicted molar refractivity (Wildman–Crippen MR) is 123 cm³/mol. The van der Waals surface area contributed by atoms with Gasteiger partial charge in [0.15, 0.2) is 0 Å². The number of aryl methyl sites for hydroxylation is 2. The second-order valence-electron chi connectivity index (χ2n) is 9.38. The van der Waals surface area contributed by atoms with Crippen molar-refractivity contribution < 1.29 is 27.8 Å². The number of ether oxygens (including phenoxy) is 3. The van der Waals surface area contributed by atoms with E-state index in [1.54, 1.807) is 17.0 Å². The van der Waals surface area contributed by atoms with E-state index in [0.29, 0.717) is 32.5 Å². The van der Waals surface area contributed by atoms with Crippen LogP contribution in [0.15, 0.2) is 48.5 Å². The van der Waals surface area contributed by atoms with Crippen molar-refractivity contribution in [2.75, 3.05) is 19.7 Å². The summed E-state index contributed by atoms with van der Waals surface area (Å²) >= 11 is 0. The van der Waals surface area contributed by atoms with Gasteiger partial charge in [0.25, 0.3) is 0 Å². The third-order valence-corrected chi connectivity index (χ3v) is 5.42. The van der Waals surface area contributed by atoms with Gasteiger partial charge in [0, 0.05) is 19.0 Å². The Labute approximate surface area is 194 Å². The van der Waals surface area contributed by atoms with Crippen molar-refractivity contribution in [3.8, 4) is 11.5 Å². The van der Waals surface area contributed by atoms with Gasteiger partial charge in [0.2, 0.25) is 0 Å². The molecule has 2 aromatic carbocycles. The van der Waals surface area contributed by atoms with Gasteiger partial charge >= 0.3 is 12.7 Å². The van der Waals surface area contributed by atoms with E-state index in [9.17, 15) is 13.6 Å². The Morgan fingerprint density at radius 3 is 2.67 bits per heavy atom. The maximum atomic E-state index is 12.5. The third-order valence-electron chi connectivity index (χ3n) is 5.42. The molecule has 0 saturated carbocycles. The molecule has 1 fully saturated rings. The number of para-hydroxylation sites is 1. The van der Waals surface area contributed by atoms with Crippen LogP contribution < -0.4 is 9.47 Å². The smallest absolute Gasteiger partial charge is 0.410 e. The quantitative estimate of drug-likeness (QED) is 0.477. The lowest BCUT2D eigenvalue weighted by atomic mass is 9.99. The number of benzene rings is 2. The summed E-state index contributed by atoms with van der Waals surface area (Å²) in [5.41, 5.74) is 1.46. The van der Waals surface area contributed by atoms with Crippen LogP contribution in [0.5, 0.6) is 11.5 Å². The van der Waals surface area contributed by atoms with E-state index in [1.165, 1.54) is 6.07 Å². The van der Waals surface area contributed by atoms with Gasteiger partial charge in [0.1, 0.15) is 17.1 Å². The summed E-state index contributed by atoms with van der Waals surface area (Å²) in [6.45, 7) is 4.62. The molecule has 1 atom stereocenters. The number of piperidine rings is 1. The molecule has 3 rings (SSSR count). The van der Waals surface area contributed by atoms with Crippen LogP contribution in [0.3, 0.4) is 0 Å². The first-order valence-electron chi connectivity index (χ1n) is 11.4. The standard InChI is InChI=1S/C26H33F2NO4/c1-26(2,3)33-25(30)29-15-7-9-20(17-29)18-31-23-12-5-4-10-21(23)14-13-19-8-6-11-22(16-19)32-24(27)28/h4-6,8,10-12,16,20,24H,7,9,13-15,17-18H2,1-3H3. The Bertz CT molecular complexity index is 913. The van der Waals surface area contributed by atoms with E-state index in [4.69, 9.17) is 9.47 Å². The molecule has 2 aromatic rings. The Morgan fingerprint density at radius 1 is 1.12 bits per heavy atom. The van der Waals surface area contributed by atoms with Crippen molar-refractivity contribution in [3.05, 3.63) is 59.7 Å². The van der Waals surface area contributed by atoms with Gasteiger partial charge < -0.3 is 19.1 Å². The van der Waals surface area contributed by atoms with Gasteiger partial charge in [-0.15, -0.1) is 0 Å². The van der Waals surface area contributed by atoms with Crippen LogP contribution in [0.1, 0.15) is 44.7 Å². The number of nitrogens with zero attached hydrogens (tertiary/aromatic N) is 1. The lowest BCUT2D eigenvalue weighted by Crippen LogP contribution is -2.44. The number of hydrogen-bond donors (Lipinski definition) is 0. The summed E-state index contributed by atoms with van der Waals surface area (Å²) in [6, 6.07) is 14.6. The predicted octanol–water partition coefficient (Wildman–Crippen LogP) is 6.10. The van der Waals surface area contributed by atoms with Crippen molar-refractivity contribution in [2.45, 2.75) is 58.7 Å². The molecule has 0 aromatic heterocycles. The number of halogens is 2. The van der Waals surface area contributed by atoms with Gasteiger partial charge in [-0.1, -0.05) is 30.3 Å². The maximum Gasteiger partial charge on any atom is 0.410 e. The zero-order valence-corrected chi connectivity index (χ0v) is 19.6. The summed E-state index contributed by atoms with van der Waals surface area (Å²) in [5, 5.41) is 0. The van der Waals surface area contributed by atoms with Crippen molar-refractivity contribution in [3.63, 3.8) is 0 Å². The first-order valence-corrected chi connectivity index (χ1v) is 11.4. The van der Waals surface area contributed by atoms with Gasteiger partial charge in [-0.3, -0.25) is 0 Å².